The number of fused-ring (bicyclic) bond motifs is 2. The molecule has 2 atom stereocenters. The molecule has 0 bridgehead atoms. The van der Waals surface area contributed by atoms with Crippen LogP contribution in [0.5, 0.6) is 10.9 Å². The second-order valence-electron chi connectivity index (χ2n) is 8.74. The molecule has 0 radical (unpaired) electrons. The van der Waals surface area contributed by atoms with Crippen molar-refractivity contribution in [3.8, 4) is 10.9 Å². The molecule has 0 spiro atoms. The molecule has 1 aliphatic heterocycles. The van der Waals surface area contributed by atoms with Gasteiger partial charge in [-0.1, -0.05) is 11.3 Å². The summed E-state index contributed by atoms with van der Waals surface area (Å²) in [5.74, 6) is 0.292. The van der Waals surface area contributed by atoms with Crippen LogP contribution in [0.1, 0.15) is 24.2 Å². The molecule has 0 aliphatic carbocycles. The third kappa shape index (κ3) is 4.03. The molecule has 4 aromatic rings. The van der Waals surface area contributed by atoms with Crippen molar-refractivity contribution in [2.24, 2.45) is 7.05 Å². The number of amides is 1. The van der Waals surface area contributed by atoms with Crippen molar-refractivity contribution in [3.63, 3.8) is 0 Å². The highest BCUT2D eigenvalue weighted by atomic mass is 32.1. The van der Waals surface area contributed by atoms with Gasteiger partial charge in [0, 0.05) is 49.9 Å². The molecule has 1 amide bonds. The van der Waals surface area contributed by atoms with Gasteiger partial charge in [0.25, 0.3) is 11.1 Å². The van der Waals surface area contributed by atoms with Gasteiger partial charge in [-0.05, 0) is 32.0 Å². The quantitative estimate of drug-likeness (QED) is 0.450. The topological polar surface area (TPSA) is 93.5 Å². The number of carbonyl (C=O) groups is 1. The van der Waals surface area contributed by atoms with E-state index in [0.29, 0.717) is 39.8 Å². The number of hydrogen-bond acceptors (Lipinski definition) is 8. The predicted molar refractivity (Wildman–Crippen MR) is 136 cm³/mol. The van der Waals surface area contributed by atoms with Crippen LogP contribution in [0.15, 0.2) is 30.5 Å². The zero-order chi connectivity index (χ0) is 24.0. The van der Waals surface area contributed by atoms with Crippen LogP contribution < -0.4 is 25.0 Å². The lowest BCUT2D eigenvalue weighted by molar-refractivity contribution is 0.102. The fourth-order valence-electron chi connectivity index (χ4n) is 4.65. The van der Waals surface area contributed by atoms with Crippen LogP contribution in [0.2, 0.25) is 0 Å². The lowest BCUT2D eigenvalue weighted by atomic mass is 10.1. The predicted octanol–water partition coefficient (Wildman–Crippen LogP) is 3.64. The number of anilines is 2. The minimum absolute atomic E-state index is 0.256. The van der Waals surface area contributed by atoms with Crippen molar-refractivity contribution >= 4 is 49.7 Å². The van der Waals surface area contributed by atoms with E-state index in [9.17, 15) is 4.79 Å². The van der Waals surface area contributed by atoms with E-state index in [1.165, 1.54) is 11.3 Å². The average Bonchev–Trinajstić information content (AvgIpc) is 3.39. The van der Waals surface area contributed by atoms with Crippen molar-refractivity contribution in [1.29, 1.82) is 0 Å². The minimum atomic E-state index is -0.256. The largest absolute Gasteiger partial charge is 0.494 e. The normalized spacial score (nSPS) is 18.4. The highest BCUT2D eigenvalue weighted by Crippen LogP contribution is 2.38. The third-order valence-electron chi connectivity index (χ3n) is 6.01. The van der Waals surface area contributed by atoms with E-state index in [4.69, 9.17) is 9.47 Å². The van der Waals surface area contributed by atoms with E-state index in [-0.39, 0.29) is 5.91 Å². The van der Waals surface area contributed by atoms with Gasteiger partial charge < -0.3 is 25.0 Å². The molecule has 2 aromatic carbocycles. The Balaban J connectivity index is 1.53. The molecule has 10 heteroatoms. The molecule has 2 N–H and O–H groups in total. The Kier molecular flexibility index (Phi) is 5.78. The number of rotatable bonds is 5. The third-order valence-corrected chi connectivity index (χ3v) is 7.05. The van der Waals surface area contributed by atoms with Crippen LogP contribution in [-0.2, 0) is 7.05 Å². The van der Waals surface area contributed by atoms with Crippen molar-refractivity contribution in [3.05, 3.63) is 36.0 Å². The van der Waals surface area contributed by atoms with Gasteiger partial charge in [0.15, 0.2) is 0 Å². The molecular formula is C24H28N6O3S. The summed E-state index contributed by atoms with van der Waals surface area (Å²) >= 11 is 1.46. The molecule has 0 unspecified atom stereocenters. The maximum atomic E-state index is 13.4. The van der Waals surface area contributed by atoms with E-state index in [2.05, 4.69) is 39.5 Å². The number of hydrogen-bond donors (Lipinski definition) is 2. The molecule has 1 fully saturated rings. The Morgan fingerprint density at radius 3 is 2.65 bits per heavy atom. The summed E-state index contributed by atoms with van der Waals surface area (Å²) in [5, 5.41) is 12.4. The first-order valence-electron chi connectivity index (χ1n) is 11.2. The Bertz CT molecular complexity index is 1370. The Hall–Kier alpha value is -3.37. The number of aryl methyl sites for hydroxylation is 1. The van der Waals surface area contributed by atoms with Crippen molar-refractivity contribution < 1.29 is 14.3 Å². The monoisotopic (exact) mass is 480 g/mol. The minimum Gasteiger partial charge on any atom is -0.494 e. The molecule has 178 valence electrons. The second-order valence-corrected chi connectivity index (χ2v) is 9.70. The van der Waals surface area contributed by atoms with Crippen LogP contribution in [-0.4, -0.2) is 60.1 Å². The van der Waals surface area contributed by atoms with E-state index >= 15 is 0 Å². The first-order chi connectivity index (χ1) is 16.4. The number of aromatic nitrogens is 3. The Labute approximate surface area is 201 Å². The SMILES string of the molecule is COc1nc2c(C(=O)Nc3cc4cn(C)nc4cc3OC)ccc(N3C[C@@H](C)N[C@H](C)C3)c2s1. The van der Waals surface area contributed by atoms with Gasteiger partial charge in [-0.3, -0.25) is 9.48 Å². The Morgan fingerprint density at radius 1 is 1.18 bits per heavy atom. The lowest BCUT2D eigenvalue weighted by Gasteiger charge is -2.37. The maximum absolute atomic E-state index is 13.4. The second kappa shape index (κ2) is 8.77. The summed E-state index contributed by atoms with van der Waals surface area (Å²) in [5.41, 5.74) is 3.58. The highest BCUT2D eigenvalue weighted by Gasteiger charge is 2.26. The molecule has 1 aliphatic rings. The summed E-state index contributed by atoms with van der Waals surface area (Å²) in [6, 6.07) is 8.29. The summed E-state index contributed by atoms with van der Waals surface area (Å²) in [7, 11) is 5.03. The molecule has 2 aromatic heterocycles. The Morgan fingerprint density at radius 2 is 1.94 bits per heavy atom. The number of benzene rings is 2. The molecule has 34 heavy (non-hydrogen) atoms. The fourth-order valence-corrected chi connectivity index (χ4v) is 5.60. The van der Waals surface area contributed by atoms with E-state index in [1.807, 2.05) is 37.5 Å². The van der Waals surface area contributed by atoms with Crippen molar-refractivity contribution in [2.75, 3.05) is 37.5 Å². The molecule has 5 rings (SSSR count). The number of thiazole rings is 1. The van der Waals surface area contributed by atoms with Crippen LogP contribution in [0.25, 0.3) is 21.1 Å². The first-order valence-corrected chi connectivity index (χ1v) is 12.0. The summed E-state index contributed by atoms with van der Waals surface area (Å²) in [6.07, 6.45) is 1.90. The zero-order valence-corrected chi connectivity index (χ0v) is 20.7. The summed E-state index contributed by atoms with van der Waals surface area (Å²) in [4.78, 5) is 20.4. The number of methoxy groups -OCH3 is 2. The highest BCUT2D eigenvalue weighted by molar-refractivity contribution is 7.21. The van der Waals surface area contributed by atoms with E-state index in [0.717, 1.165) is 34.4 Å². The van der Waals surface area contributed by atoms with Gasteiger partial charge in [-0.25, -0.2) is 4.98 Å². The van der Waals surface area contributed by atoms with Gasteiger partial charge in [0.05, 0.1) is 41.4 Å². The van der Waals surface area contributed by atoms with Crippen LogP contribution in [0.4, 0.5) is 11.4 Å². The number of nitrogens with one attached hydrogen (secondary N) is 2. The van der Waals surface area contributed by atoms with Gasteiger partial charge in [0.2, 0.25) is 0 Å². The maximum Gasteiger partial charge on any atom is 0.274 e. The van der Waals surface area contributed by atoms with Gasteiger partial charge in [-0.15, -0.1) is 0 Å². The zero-order valence-electron chi connectivity index (χ0n) is 19.9. The van der Waals surface area contributed by atoms with Crippen molar-refractivity contribution in [1.82, 2.24) is 20.1 Å². The lowest BCUT2D eigenvalue weighted by Crippen LogP contribution is -2.54. The molecule has 3 heterocycles. The molecule has 9 nitrogen and oxygen atoms in total. The molecule has 1 saturated heterocycles. The average molecular weight is 481 g/mol. The first kappa shape index (κ1) is 22.4. The standard InChI is InChI=1S/C24H28N6O3S/c1-13-10-30(11-14(2)25-13)19-7-6-16(21-22(19)34-24(27-21)33-5)23(31)26-18-8-15-12-29(3)28-17(15)9-20(18)32-4/h6-9,12-14,25H,10-11H2,1-5H3,(H,26,31)/t13-,14-/m1/s1. The van der Waals surface area contributed by atoms with Crippen LogP contribution in [0, 0.1) is 0 Å². The number of carbonyl (C=O) groups excluding carboxylic acids is 1. The summed E-state index contributed by atoms with van der Waals surface area (Å²) < 4.78 is 13.6. The number of piperazine rings is 1. The molecule has 0 saturated carbocycles. The van der Waals surface area contributed by atoms with Crippen LogP contribution in [0.3, 0.4) is 0 Å². The van der Waals surface area contributed by atoms with E-state index < -0.39 is 0 Å². The van der Waals surface area contributed by atoms with Gasteiger partial charge in [-0.2, -0.15) is 5.10 Å². The van der Waals surface area contributed by atoms with E-state index in [1.54, 1.807) is 18.9 Å². The fraction of sp³-hybridized carbons (Fsp3) is 0.375. The summed E-state index contributed by atoms with van der Waals surface area (Å²) in [6.45, 7) is 6.13. The molecular weight excluding hydrogens is 452 g/mol. The van der Waals surface area contributed by atoms with Gasteiger partial charge in [0.1, 0.15) is 11.3 Å². The van der Waals surface area contributed by atoms with Gasteiger partial charge >= 0.3 is 0 Å². The number of nitrogens with zero attached hydrogens (tertiary/aromatic N) is 4. The van der Waals surface area contributed by atoms with Crippen LogP contribution >= 0.6 is 11.3 Å². The smallest absolute Gasteiger partial charge is 0.274 e. The number of ether oxygens (including phenoxy) is 2. The van der Waals surface area contributed by atoms with Crippen molar-refractivity contribution in [2.45, 2.75) is 25.9 Å².